The van der Waals surface area contributed by atoms with Crippen molar-refractivity contribution in [1.29, 1.82) is 0 Å². The molecule has 86 valence electrons. The summed E-state index contributed by atoms with van der Waals surface area (Å²) in [7, 11) is 0. The number of hydrogen-bond acceptors (Lipinski definition) is 4. The minimum absolute atomic E-state index is 0.416. The second-order valence-corrected chi connectivity index (χ2v) is 5.46. The van der Waals surface area contributed by atoms with Gasteiger partial charge < -0.3 is 9.64 Å². The van der Waals surface area contributed by atoms with Gasteiger partial charge in [-0.05, 0) is 41.9 Å². The largest absolute Gasteiger partial charge is 0.374 e. The highest BCUT2D eigenvalue weighted by Gasteiger charge is 2.37. The Balaban J connectivity index is 1.91. The summed E-state index contributed by atoms with van der Waals surface area (Å²) in [6.07, 6.45) is 7.62. The number of morpholine rings is 1. The number of hydrogen-bond donors (Lipinski definition) is 0. The van der Waals surface area contributed by atoms with Gasteiger partial charge in [0.1, 0.15) is 12.1 Å². The maximum Gasteiger partial charge on any atom is 0.145 e. The fraction of sp³-hybridized carbons (Fsp3) is 0.636. The van der Waals surface area contributed by atoms with Crippen LogP contribution in [0.2, 0.25) is 0 Å². The van der Waals surface area contributed by atoms with E-state index >= 15 is 0 Å². The number of nitrogens with zero attached hydrogens (tertiary/aromatic N) is 3. The van der Waals surface area contributed by atoms with Gasteiger partial charge in [0.2, 0.25) is 0 Å². The third kappa shape index (κ3) is 1.79. The molecule has 1 aromatic rings. The first-order valence-electron chi connectivity index (χ1n) is 5.70. The minimum atomic E-state index is 0.416. The molecule has 1 aromatic heterocycles. The van der Waals surface area contributed by atoms with E-state index < -0.39 is 0 Å². The molecular weight excluding hydrogens is 317 g/mol. The van der Waals surface area contributed by atoms with E-state index in [1.807, 2.05) is 6.20 Å². The van der Waals surface area contributed by atoms with E-state index in [1.54, 1.807) is 6.33 Å². The van der Waals surface area contributed by atoms with E-state index in [1.165, 1.54) is 19.3 Å². The number of ether oxygens (including phenoxy) is 1. The quantitative estimate of drug-likeness (QED) is 0.736. The van der Waals surface area contributed by atoms with Gasteiger partial charge in [-0.3, -0.25) is 0 Å². The second-order valence-electron chi connectivity index (χ2n) is 4.30. The van der Waals surface area contributed by atoms with E-state index in [2.05, 4.69) is 37.5 Å². The highest BCUT2D eigenvalue weighted by Crippen LogP contribution is 2.33. The third-order valence-corrected chi connectivity index (χ3v) is 4.16. The molecule has 0 radical (unpaired) electrons. The van der Waals surface area contributed by atoms with E-state index in [0.29, 0.717) is 12.1 Å². The molecule has 0 spiro atoms. The van der Waals surface area contributed by atoms with Gasteiger partial charge in [0.05, 0.1) is 22.3 Å². The van der Waals surface area contributed by atoms with Crippen LogP contribution in [0.25, 0.3) is 0 Å². The first kappa shape index (κ1) is 10.7. The van der Waals surface area contributed by atoms with Crippen molar-refractivity contribution in [3.8, 4) is 0 Å². The SMILES string of the molecule is Ic1cncnc1N1CCOC2CCCC21. The molecule has 2 fully saturated rings. The van der Waals surface area contributed by atoms with Crippen molar-refractivity contribution in [1.82, 2.24) is 9.97 Å². The zero-order chi connectivity index (χ0) is 11.0. The lowest BCUT2D eigenvalue weighted by molar-refractivity contribution is 0.0252. The zero-order valence-corrected chi connectivity index (χ0v) is 11.1. The topological polar surface area (TPSA) is 38.2 Å². The summed E-state index contributed by atoms with van der Waals surface area (Å²) in [4.78, 5) is 10.9. The van der Waals surface area contributed by atoms with Gasteiger partial charge in [-0.15, -0.1) is 0 Å². The lowest BCUT2D eigenvalue weighted by atomic mass is 10.1. The minimum Gasteiger partial charge on any atom is -0.374 e. The summed E-state index contributed by atoms with van der Waals surface area (Å²) >= 11 is 2.31. The Kier molecular flexibility index (Phi) is 2.97. The third-order valence-electron chi connectivity index (χ3n) is 3.40. The van der Waals surface area contributed by atoms with Gasteiger partial charge >= 0.3 is 0 Å². The molecule has 16 heavy (non-hydrogen) atoms. The molecule has 2 aliphatic rings. The Morgan fingerprint density at radius 1 is 1.44 bits per heavy atom. The van der Waals surface area contributed by atoms with Gasteiger partial charge in [-0.25, -0.2) is 9.97 Å². The number of fused-ring (bicyclic) bond motifs is 1. The van der Waals surface area contributed by atoms with Crippen LogP contribution in [-0.4, -0.2) is 35.3 Å². The second kappa shape index (κ2) is 4.44. The molecule has 5 heteroatoms. The van der Waals surface area contributed by atoms with Gasteiger partial charge in [-0.2, -0.15) is 0 Å². The molecule has 1 aliphatic heterocycles. The Morgan fingerprint density at radius 2 is 2.38 bits per heavy atom. The van der Waals surface area contributed by atoms with Crippen molar-refractivity contribution in [2.24, 2.45) is 0 Å². The molecule has 1 saturated carbocycles. The Morgan fingerprint density at radius 3 is 3.25 bits per heavy atom. The maximum absolute atomic E-state index is 5.81. The van der Waals surface area contributed by atoms with Crippen molar-refractivity contribution in [2.75, 3.05) is 18.1 Å². The summed E-state index contributed by atoms with van der Waals surface area (Å²) in [6, 6.07) is 0.525. The molecule has 4 nitrogen and oxygen atoms in total. The highest BCUT2D eigenvalue weighted by atomic mass is 127. The van der Waals surface area contributed by atoms with E-state index in [-0.39, 0.29) is 0 Å². The van der Waals surface area contributed by atoms with Crippen LogP contribution in [0.15, 0.2) is 12.5 Å². The van der Waals surface area contributed by atoms with Crippen LogP contribution in [0.5, 0.6) is 0 Å². The summed E-state index contributed by atoms with van der Waals surface area (Å²) in [5.41, 5.74) is 0. The van der Waals surface area contributed by atoms with Gasteiger partial charge in [0.15, 0.2) is 0 Å². The first-order valence-corrected chi connectivity index (χ1v) is 6.78. The number of rotatable bonds is 1. The van der Waals surface area contributed by atoms with Crippen molar-refractivity contribution in [3.05, 3.63) is 16.1 Å². The van der Waals surface area contributed by atoms with Crippen LogP contribution >= 0.6 is 22.6 Å². The molecule has 1 aliphatic carbocycles. The predicted octanol–water partition coefficient (Wildman–Crippen LogP) is 1.84. The molecule has 2 atom stereocenters. The van der Waals surface area contributed by atoms with Crippen LogP contribution in [-0.2, 0) is 4.74 Å². The maximum atomic E-state index is 5.81. The molecule has 0 bridgehead atoms. The summed E-state index contributed by atoms with van der Waals surface area (Å²) < 4.78 is 6.94. The van der Waals surface area contributed by atoms with Gasteiger partial charge in [0, 0.05) is 12.7 Å². The molecule has 2 heterocycles. The molecule has 3 rings (SSSR count). The Hall–Kier alpha value is -0.430. The van der Waals surface area contributed by atoms with Crippen molar-refractivity contribution < 1.29 is 4.74 Å². The van der Waals surface area contributed by atoms with E-state index in [0.717, 1.165) is 22.5 Å². The number of anilines is 1. The average molecular weight is 331 g/mol. The summed E-state index contributed by atoms with van der Waals surface area (Å²) in [5, 5.41) is 0. The van der Waals surface area contributed by atoms with E-state index in [9.17, 15) is 0 Å². The number of halogens is 1. The normalized spacial score (nSPS) is 29.2. The smallest absolute Gasteiger partial charge is 0.145 e. The predicted molar refractivity (Wildman–Crippen MR) is 69.5 cm³/mol. The first-order chi connectivity index (χ1) is 7.86. The summed E-state index contributed by atoms with van der Waals surface area (Å²) in [5.74, 6) is 1.08. The van der Waals surface area contributed by atoms with Crippen molar-refractivity contribution in [3.63, 3.8) is 0 Å². The standard InChI is InChI=1S/C11H14IN3O/c12-8-6-13-7-14-11(8)15-4-5-16-10-3-1-2-9(10)15/h6-7,9-10H,1-5H2. The molecule has 0 aromatic carbocycles. The zero-order valence-electron chi connectivity index (χ0n) is 8.97. The monoisotopic (exact) mass is 331 g/mol. The average Bonchev–Trinajstić information content (AvgIpc) is 2.77. The van der Waals surface area contributed by atoms with Crippen LogP contribution < -0.4 is 4.90 Å². The van der Waals surface area contributed by atoms with Crippen molar-refractivity contribution >= 4 is 28.4 Å². The lowest BCUT2D eigenvalue weighted by Crippen LogP contribution is -2.49. The van der Waals surface area contributed by atoms with Crippen LogP contribution in [0.4, 0.5) is 5.82 Å². The van der Waals surface area contributed by atoms with Gasteiger partial charge in [0.25, 0.3) is 0 Å². The van der Waals surface area contributed by atoms with Crippen molar-refractivity contribution in [2.45, 2.75) is 31.4 Å². The van der Waals surface area contributed by atoms with Crippen LogP contribution in [0.1, 0.15) is 19.3 Å². The molecule has 0 amide bonds. The highest BCUT2D eigenvalue weighted by molar-refractivity contribution is 14.1. The molecular formula is C11H14IN3O. The summed E-state index contributed by atoms with van der Waals surface area (Å²) in [6.45, 7) is 1.77. The Labute approximate surface area is 109 Å². The molecule has 2 unspecified atom stereocenters. The molecule has 0 N–H and O–H groups in total. The van der Waals surface area contributed by atoms with E-state index in [4.69, 9.17) is 4.74 Å². The van der Waals surface area contributed by atoms with Gasteiger partial charge in [-0.1, -0.05) is 0 Å². The Bertz CT molecular complexity index is 387. The molecule has 1 saturated heterocycles. The lowest BCUT2D eigenvalue weighted by Gasteiger charge is -2.38. The van der Waals surface area contributed by atoms with Crippen LogP contribution in [0, 0.1) is 3.57 Å². The fourth-order valence-electron chi connectivity index (χ4n) is 2.71. The number of aromatic nitrogens is 2. The van der Waals surface area contributed by atoms with Crippen LogP contribution in [0.3, 0.4) is 0 Å². The fourth-order valence-corrected chi connectivity index (χ4v) is 3.32.